The van der Waals surface area contributed by atoms with E-state index in [0.717, 1.165) is 19.4 Å². The van der Waals surface area contributed by atoms with Crippen molar-refractivity contribution >= 4 is 0 Å². The Morgan fingerprint density at radius 2 is 1.68 bits per heavy atom. The van der Waals surface area contributed by atoms with Gasteiger partial charge in [0.15, 0.2) is 0 Å². The number of alkyl halides is 3. The molecule has 0 N–H and O–H groups in total. The summed E-state index contributed by atoms with van der Waals surface area (Å²) in [6.07, 6.45) is -1.71. The van der Waals surface area contributed by atoms with Gasteiger partial charge < -0.3 is 4.90 Å². The fraction of sp³-hybridized carbons (Fsp3) is 0.429. The van der Waals surface area contributed by atoms with Gasteiger partial charge in [-0.25, -0.2) is 0 Å². The Hall–Kier alpha value is -1.81. The molecular weight excluding hydrogens is 323 g/mol. The number of benzene rings is 2. The van der Waals surface area contributed by atoms with E-state index in [-0.39, 0.29) is 0 Å². The smallest absolute Gasteiger partial charge is 0.300 e. The molecule has 0 radical (unpaired) electrons. The number of piperidine rings is 1. The van der Waals surface area contributed by atoms with Crippen molar-refractivity contribution in [2.24, 2.45) is 0 Å². The molecule has 2 aromatic carbocycles. The normalized spacial score (nSPS) is 22.1. The van der Waals surface area contributed by atoms with Crippen LogP contribution in [0.15, 0.2) is 54.6 Å². The third-order valence-electron chi connectivity index (χ3n) is 5.28. The van der Waals surface area contributed by atoms with Crippen LogP contribution in [0, 0.1) is 0 Å². The zero-order chi connectivity index (χ0) is 17.9. The summed E-state index contributed by atoms with van der Waals surface area (Å²) in [7, 11) is 0. The van der Waals surface area contributed by atoms with Crippen LogP contribution >= 0.6 is 0 Å². The van der Waals surface area contributed by atoms with E-state index < -0.39 is 11.7 Å². The highest BCUT2D eigenvalue weighted by Crippen LogP contribution is 2.34. The van der Waals surface area contributed by atoms with Crippen molar-refractivity contribution in [2.45, 2.75) is 44.3 Å². The molecule has 2 aromatic rings. The fourth-order valence-corrected chi connectivity index (χ4v) is 3.86. The second-order valence-electron chi connectivity index (χ2n) is 6.92. The van der Waals surface area contributed by atoms with Crippen LogP contribution in [0.5, 0.6) is 0 Å². The van der Waals surface area contributed by atoms with Crippen molar-refractivity contribution in [3.8, 4) is 0 Å². The number of nitrogens with zero attached hydrogens (tertiary/aromatic N) is 1. The monoisotopic (exact) mass is 347 g/mol. The highest BCUT2D eigenvalue weighted by Gasteiger charge is 2.33. The van der Waals surface area contributed by atoms with Crippen molar-refractivity contribution in [1.29, 1.82) is 0 Å². The first-order valence-electron chi connectivity index (χ1n) is 8.89. The molecule has 1 fully saturated rings. The van der Waals surface area contributed by atoms with Gasteiger partial charge in [-0.05, 0) is 55.8 Å². The maximum Gasteiger partial charge on any atom is 0.416 e. The molecule has 0 amide bonds. The summed E-state index contributed by atoms with van der Waals surface area (Å²) in [6.45, 7) is 3.80. The lowest BCUT2D eigenvalue weighted by atomic mass is 9.85. The van der Waals surface area contributed by atoms with Gasteiger partial charge in [-0.3, -0.25) is 0 Å². The maximum absolute atomic E-state index is 13.1. The number of hydrogen-bond acceptors (Lipinski definition) is 1. The quantitative estimate of drug-likeness (QED) is 0.704. The highest BCUT2D eigenvalue weighted by molar-refractivity contribution is 5.30. The minimum atomic E-state index is -4.28. The van der Waals surface area contributed by atoms with Gasteiger partial charge in [0.2, 0.25) is 0 Å². The zero-order valence-electron chi connectivity index (χ0n) is 14.5. The Bertz CT molecular complexity index is 681. The molecule has 0 spiro atoms. The molecule has 4 heteroatoms. The standard InChI is InChI=1S/C21H24F3N/c1-16-15-19(17-7-3-2-4-8-17)12-14-25(16)13-11-18-9-5-6-10-20(18)21(22,23)24/h2-10,16,19H,11-15H2,1H3. The lowest BCUT2D eigenvalue weighted by Crippen LogP contribution is -2.41. The van der Waals surface area contributed by atoms with Crippen molar-refractivity contribution in [3.05, 3.63) is 71.3 Å². The molecule has 0 aromatic heterocycles. The minimum Gasteiger partial charge on any atom is -0.300 e. The predicted octanol–water partition coefficient (Wildman–Crippen LogP) is 5.52. The maximum atomic E-state index is 13.1. The SMILES string of the molecule is CC1CC(c2ccccc2)CCN1CCc1ccccc1C(F)(F)F. The Kier molecular flexibility index (Phi) is 5.48. The Morgan fingerprint density at radius 3 is 2.36 bits per heavy atom. The summed E-state index contributed by atoms with van der Waals surface area (Å²) in [4.78, 5) is 2.33. The van der Waals surface area contributed by atoms with Crippen molar-refractivity contribution in [1.82, 2.24) is 4.90 Å². The number of rotatable bonds is 4. The first kappa shape index (κ1) is 18.0. The summed E-state index contributed by atoms with van der Waals surface area (Å²) in [6, 6.07) is 16.8. The summed E-state index contributed by atoms with van der Waals surface area (Å²) in [5.74, 6) is 0.551. The molecule has 1 aliphatic rings. The molecule has 1 nitrogen and oxygen atoms in total. The van der Waals surface area contributed by atoms with Crippen molar-refractivity contribution in [2.75, 3.05) is 13.1 Å². The largest absolute Gasteiger partial charge is 0.416 e. The number of hydrogen-bond donors (Lipinski definition) is 0. The average molecular weight is 347 g/mol. The highest BCUT2D eigenvalue weighted by atomic mass is 19.4. The Balaban J connectivity index is 1.61. The molecule has 0 bridgehead atoms. The van der Waals surface area contributed by atoms with E-state index >= 15 is 0 Å². The molecule has 2 unspecified atom stereocenters. The molecule has 134 valence electrons. The van der Waals surface area contributed by atoms with Gasteiger partial charge in [-0.2, -0.15) is 13.2 Å². The minimum absolute atomic E-state index is 0.386. The van der Waals surface area contributed by atoms with Gasteiger partial charge in [-0.15, -0.1) is 0 Å². The van der Waals surface area contributed by atoms with E-state index in [2.05, 4.69) is 36.1 Å². The summed E-state index contributed by atoms with van der Waals surface area (Å²) < 4.78 is 39.3. The molecule has 3 rings (SSSR count). The van der Waals surface area contributed by atoms with Crippen molar-refractivity contribution in [3.63, 3.8) is 0 Å². The van der Waals surface area contributed by atoms with E-state index in [1.165, 1.54) is 17.7 Å². The molecular formula is C21H24F3N. The molecule has 2 atom stereocenters. The molecule has 0 saturated carbocycles. The average Bonchev–Trinajstić information content (AvgIpc) is 2.61. The van der Waals surface area contributed by atoms with Crippen molar-refractivity contribution < 1.29 is 13.2 Å². The Labute approximate surface area is 147 Å². The predicted molar refractivity (Wildman–Crippen MR) is 94.6 cm³/mol. The summed E-state index contributed by atoms with van der Waals surface area (Å²) in [5, 5.41) is 0. The lowest BCUT2D eigenvalue weighted by molar-refractivity contribution is -0.138. The van der Waals surface area contributed by atoms with Crippen LogP contribution < -0.4 is 0 Å². The van der Waals surface area contributed by atoms with Gasteiger partial charge in [0.1, 0.15) is 0 Å². The van der Waals surface area contributed by atoms with Crippen LogP contribution in [0.1, 0.15) is 42.4 Å². The lowest BCUT2D eigenvalue weighted by Gasteiger charge is -2.38. The zero-order valence-corrected chi connectivity index (χ0v) is 14.5. The van der Waals surface area contributed by atoms with Crippen LogP contribution in [-0.4, -0.2) is 24.0 Å². The van der Waals surface area contributed by atoms with E-state index in [4.69, 9.17) is 0 Å². The first-order valence-corrected chi connectivity index (χ1v) is 8.89. The molecule has 0 aliphatic carbocycles. The molecule has 25 heavy (non-hydrogen) atoms. The van der Waals surface area contributed by atoms with Gasteiger partial charge in [0.05, 0.1) is 5.56 Å². The van der Waals surface area contributed by atoms with Crippen LogP contribution in [0.25, 0.3) is 0 Å². The fourth-order valence-electron chi connectivity index (χ4n) is 3.86. The first-order chi connectivity index (χ1) is 11.9. The second-order valence-corrected chi connectivity index (χ2v) is 6.92. The van der Waals surface area contributed by atoms with Gasteiger partial charge in [0, 0.05) is 12.6 Å². The third-order valence-corrected chi connectivity index (χ3v) is 5.28. The second kappa shape index (κ2) is 7.61. The van der Waals surface area contributed by atoms with Gasteiger partial charge >= 0.3 is 6.18 Å². The van der Waals surface area contributed by atoms with Crippen LogP contribution in [0.3, 0.4) is 0 Å². The summed E-state index contributed by atoms with van der Waals surface area (Å²) in [5.41, 5.74) is 1.27. The van der Waals surface area contributed by atoms with E-state index in [0.29, 0.717) is 30.5 Å². The summed E-state index contributed by atoms with van der Waals surface area (Å²) >= 11 is 0. The van der Waals surface area contributed by atoms with Crippen LogP contribution in [0.2, 0.25) is 0 Å². The van der Waals surface area contributed by atoms with Gasteiger partial charge in [-0.1, -0.05) is 48.5 Å². The Morgan fingerprint density at radius 1 is 1.00 bits per heavy atom. The topological polar surface area (TPSA) is 3.24 Å². The molecule has 1 aliphatic heterocycles. The van der Waals surface area contributed by atoms with Crippen LogP contribution in [-0.2, 0) is 12.6 Å². The van der Waals surface area contributed by atoms with E-state index in [1.54, 1.807) is 12.1 Å². The van der Waals surface area contributed by atoms with E-state index in [9.17, 15) is 13.2 Å². The van der Waals surface area contributed by atoms with Gasteiger partial charge in [0.25, 0.3) is 0 Å². The molecule has 1 saturated heterocycles. The number of likely N-dealkylation sites (tertiary alicyclic amines) is 1. The molecule has 1 heterocycles. The van der Waals surface area contributed by atoms with E-state index in [1.807, 2.05) is 6.07 Å². The third kappa shape index (κ3) is 4.43. The van der Waals surface area contributed by atoms with Crippen LogP contribution in [0.4, 0.5) is 13.2 Å². The number of halogens is 3.